The van der Waals surface area contributed by atoms with Crippen LogP contribution < -0.4 is 5.32 Å². The van der Waals surface area contributed by atoms with Crippen molar-refractivity contribution >= 4 is 11.6 Å². The number of hydrogen-bond acceptors (Lipinski definition) is 1. The van der Waals surface area contributed by atoms with Gasteiger partial charge in [0.2, 0.25) is 0 Å². The lowest BCUT2D eigenvalue weighted by atomic mass is 9.74. The molecule has 0 saturated carbocycles. The van der Waals surface area contributed by atoms with Crippen molar-refractivity contribution in [3.05, 3.63) is 34.9 Å². The molecule has 1 rings (SSSR count). The van der Waals surface area contributed by atoms with Crippen molar-refractivity contribution < 1.29 is 0 Å². The second-order valence-corrected chi connectivity index (χ2v) is 6.52. The molecule has 1 atom stereocenters. The van der Waals surface area contributed by atoms with Crippen LogP contribution in [-0.2, 0) is 6.42 Å². The summed E-state index contributed by atoms with van der Waals surface area (Å²) in [7, 11) is 0. The predicted molar refractivity (Wildman–Crippen MR) is 81.2 cm³/mol. The van der Waals surface area contributed by atoms with Crippen LogP contribution in [0.3, 0.4) is 0 Å². The Morgan fingerprint density at radius 2 is 1.78 bits per heavy atom. The fourth-order valence-electron chi connectivity index (χ4n) is 1.98. The fourth-order valence-corrected chi connectivity index (χ4v) is 2.19. The van der Waals surface area contributed by atoms with Crippen LogP contribution in [0, 0.1) is 11.3 Å². The zero-order valence-corrected chi connectivity index (χ0v) is 13.0. The zero-order valence-electron chi connectivity index (χ0n) is 12.3. The van der Waals surface area contributed by atoms with Crippen molar-refractivity contribution in [1.29, 1.82) is 0 Å². The van der Waals surface area contributed by atoms with Gasteiger partial charge in [0, 0.05) is 17.6 Å². The minimum Gasteiger partial charge on any atom is -0.314 e. The summed E-state index contributed by atoms with van der Waals surface area (Å²) in [4.78, 5) is 0. The average Bonchev–Trinajstić information content (AvgIpc) is 2.29. The number of halogens is 1. The van der Waals surface area contributed by atoms with Crippen LogP contribution in [0.5, 0.6) is 0 Å². The molecule has 1 unspecified atom stereocenters. The molecule has 1 aromatic rings. The Labute approximate surface area is 117 Å². The van der Waals surface area contributed by atoms with E-state index in [2.05, 4.69) is 52.1 Å². The Hall–Kier alpha value is -0.530. The van der Waals surface area contributed by atoms with E-state index < -0.39 is 0 Å². The zero-order chi connectivity index (χ0) is 13.8. The maximum Gasteiger partial charge on any atom is 0.0438 e. The molecule has 0 heterocycles. The van der Waals surface area contributed by atoms with E-state index in [1.165, 1.54) is 5.56 Å². The quantitative estimate of drug-likeness (QED) is 0.798. The van der Waals surface area contributed by atoms with Crippen LogP contribution in [0.4, 0.5) is 0 Å². The van der Waals surface area contributed by atoms with Crippen molar-refractivity contribution in [3.8, 4) is 0 Å². The minimum atomic E-state index is 0.231. The molecular formula is C16H26ClN. The van der Waals surface area contributed by atoms with E-state index in [9.17, 15) is 0 Å². The van der Waals surface area contributed by atoms with Gasteiger partial charge in [-0.1, -0.05) is 64.4 Å². The Morgan fingerprint density at radius 3 is 2.28 bits per heavy atom. The first-order valence-corrected chi connectivity index (χ1v) is 7.20. The van der Waals surface area contributed by atoms with Crippen molar-refractivity contribution in [1.82, 2.24) is 5.32 Å². The standard InChI is InChI=1S/C16H26ClN/c1-12(2)16(5,11-18-13(3)4)10-14-8-6-7-9-15(14)17/h6-9,12-13,18H,10-11H2,1-5H3. The molecule has 0 fully saturated rings. The Bertz CT molecular complexity index is 373. The molecule has 1 aromatic carbocycles. The normalized spacial score (nSPS) is 15.1. The van der Waals surface area contributed by atoms with Gasteiger partial charge in [-0.15, -0.1) is 0 Å². The van der Waals surface area contributed by atoms with Crippen molar-refractivity contribution in [3.63, 3.8) is 0 Å². The number of nitrogens with one attached hydrogen (secondary N) is 1. The molecule has 0 radical (unpaired) electrons. The summed E-state index contributed by atoms with van der Waals surface area (Å²) >= 11 is 6.28. The van der Waals surface area contributed by atoms with Crippen LogP contribution in [-0.4, -0.2) is 12.6 Å². The molecule has 1 N–H and O–H groups in total. The van der Waals surface area contributed by atoms with Crippen LogP contribution in [0.1, 0.15) is 40.2 Å². The highest BCUT2D eigenvalue weighted by molar-refractivity contribution is 6.31. The molecule has 1 nitrogen and oxygen atoms in total. The molecule has 2 heteroatoms. The topological polar surface area (TPSA) is 12.0 Å². The molecule has 0 bridgehead atoms. The van der Waals surface area contributed by atoms with E-state index in [-0.39, 0.29) is 5.41 Å². The molecule has 0 aliphatic heterocycles. The van der Waals surface area contributed by atoms with Crippen molar-refractivity contribution in [2.45, 2.75) is 47.1 Å². The summed E-state index contributed by atoms with van der Waals surface area (Å²) in [5, 5.41) is 4.45. The second kappa shape index (κ2) is 6.58. The van der Waals surface area contributed by atoms with Gasteiger partial charge in [-0.3, -0.25) is 0 Å². The Morgan fingerprint density at radius 1 is 1.17 bits per heavy atom. The van der Waals surface area contributed by atoms with E-state index in [1.807, 2.05) is 12.1 Å². The third-order valence-electron chi connectivity index (χ3n) is 3.86. The second-order valence-electron chi connectivity index (χ2n) is 6.11. The van der Waals surface area contributed by atoms with Crippen LogP contribution >= 0.6 is 11.6 Å². The van der Waals surface area contributed by atoms with Gasteiger partial charge in [0.1, 0.15) is 0 Å². The highest BCUT2D eigenvalue weighted by Crippen LogP contribution is 2.33. The molecule has 0 aromatic heterocycles. The highest BCUT2D eigenvalue weighted by Gasteiger charge is 2.29. The first-order chi connectivity index (χ1) is 8.35. The Balaban J connectivity index is 2.83. The van der Waals surface area contributed by atoms with E-state index in [1.54, 1.807) is 0 Å². The van der Waals surface area contributed by atoms with Gasteiger partial charge in [0.25, 0.3) is 0 Å². The number of benzene rings is 1. The first kappa shape index (κ1) is 15.5. The Kier molecular flexibility index (Phi) is 5.68. The number of rotatable bonds is 6. The van der Waals surface area contributed by atoms with Gasteiger partial charge in [0.05, 0.1) is 0 Å². The molecule has 18 heavy (non-hydrogen) atoms. The van der Waals surface area contributed by atoms with Crippen molar-refractivity contribution in [2.24, 2.45) is 11.3 Å². The van der Waals surface area contributed by atoms with Crippen molar-refractivity contribution in [2.75, 3.05) is 6.54 Å². The molecule has 0 aliphatic rings. The molecular weight excluding hydrogens is 242 g/mol. The van der Waals surface area contributed by atoms with Crippen LogP contribution in [0.25, 0.3) is 0 Å². The van der Waals surface area contributed by atoms with Gasteiger partial charge in [0.15, 0.2) is 0 Å². The van der Waals surface area contributed by atoms with Gasteiger partial charge >= 0.3 is 0 Å². The van der Waals surface area contributed by atoms with Crippen LogP contribution in [0.2, 0.25) is 5.02 Å². The maximum absolute atomic E-state index is 6.28. The minimum absolute atomic E-state index is 0.231. The summed E-state index contributed by atoms with van der Waals surface area (Å²) < 4.78 is 0. The summed E-state index contributed by atoms with van der Waals surface area (Å²) in [5.41, 5.74) is 1.48. The SMILES string of the molecule is CC(C)NCC(C)(Cc1ccccc1Cl)C(C)C. The molecule has 102 valence electrons. The van der Waals surface area contributed by atoms with Gasteiger partial charge in [-0.05, 0) is 29.4 Å². The van der Waals surface area contributed by atoms with E-state index in [0.29, 0.717) is 12.0 Å². The molecule has 0 amide bonds. The van der Waals surface area contributed by atoms with Gasteiger partial charge in [-0.2, -0.15) is 0 Å². The lowest BCUT2D eigenvalue weighted by Crippen LogP contribution is -2.40. The lowest BCUT2D eigenvalue weighted by Gasteiger charge is -2.35. The fraction of sp³-hybridized carbons (Fsp3) is 0.625. The summed E-state index contributed by atoms with van der Waals surface area (Å²) in [6.07, 6.45) is 1.02. The van der Waals surface area contributed by atoms with E-state index >= 15 is 0 Å². The predicted octanol–water partition coefficient (Wildman–Crippen LogP) is 4.54. The van der Waals surface area contributed by atoms with Gasteiger partial charge in [-0.25, -0.2) is 0 Å². The molecule has 0 saturated heterocycles. The summed E-state index contributed by atoms with van der Waals surface area (Å²) in [5.74, 6) is 0.611. The average molecular weight is 268 g/mol. The lowest BCUT2D eigenvalue weighted by molar-refractivity contribution is 0.202. The third kappa shape index (κ3) is 4.29. The molecule has 0 spiro atoms. The smallest absolute Gasteiger partial charge is 0.0438 e. The highest BCUT2D eigenvalue weighted by atomic mass is 35.5. The largest absolute Gasteiger partial charge is 0.314 e. The molecule has 0 aliphatic carbocycles. The summed E-state index contributed by atoms with van der Waals surface area (Å²) in [6.45, 7) is 12.3. The van der Waals surface area contributed by atoms with E-state index in [0.717, 1.165) is 18.0 Å². The third-order valence-corrected chi connectivity index (χ3v) is 4.23. The summed E-state index contributed by atoms with van der Waals surface area (Å²) in [6, 6.07) is 8.70. The van der Waals surface area contributed by atoms with E-state index in [4.69, 9.17) is 11.6 Å². The van der Waals surface area contributed by atoms with Gasteiger partial charge < -0.3 is 5.32 Å². The maximum atomic E-state index is 6.28. The monoisotopic (exact) mass is 267 g/mol. The van der Waals surface area contributed by atoms with Crippen LogP contribution in [0.15, 0.2) is 24.3 Å². The first-order valence-electron chi connectivity index (χ1n) is 6.82. The number of hydrogen-bond donors (Lipinski definition) is 1.